The first-order valence-corrected chi connectivity index (χ1v) is 7.53. The van der Waals surface area contributed by atoms with E-state index in [9.17, 15) is 4.79 Å². The van der Waals surface area contributed by atoms with Gasteiger partial charge in [-0.1, -0.05) is 22.9 Å². The standard InChI is InChI=1S/C15H22BrNO3/c1-5-6-17-9-12-8-13(16)7-10(2)14(12)20-11(3)15(18)19-4/h7-8,11,17H,5-6,9H2,1-4H3. The van der Waals surface area contributed by atoms with Gasteiger partial charge in [-0.25, -0.2) is 4.79 Å². The third-order valence-corrected chi connectivity index (χ3v) is 3.34. The van der Waals surface area contributed by atoms with Crippen LogP contribution in [0, 0.1) is 6.92 Å². The summed E-state index contributed by atoms with van der Waals surface area (Å²) in [4.78, 5) is 11.5. The molecule has 0 aliphatic heterocycles. The number of esters is 1. The minimum atomic E-state index is -0.621. The number of carbonyl (C=O) groups is 1. The molecule has 0 aliphatic rings. The predicted octanol–water partition coefficient (Wildman–Crippen LogP) is 3.20. The number of halogens is 1. The summed E-state index contributed by atoms with van der Waals surface area (Å²) in [5, 5.41) is 3.35. The molecule has 0 saturated carbocycles. The number of nitrogens with one attached hydrogen (secondary N) is 1. The minimum absolute atomic E-state index is 0.375. The molecule has 0 aromatic heterocycles. The molecule has 0 amide bonds. The molecule has 4 nitrogen and oxygen atoms in total. The fraction of sp³-hybridized carbons (Fsp3) is 0.533. The molecule has 0 spiro atoms. The number of methoxy groups -OCH3 is 1. The van der Waals surface area contributed by atoms with Crippen LogP contribution in [0.3, 0.4) is 0 Å². The van der Waals surface area contributed by atoms with Crippen LogP contribution in [0.15, 0.2) is 16.6 Å². The second-order valence-corrected chi connectivity index (χ2v) is 5.59. The molecule has 0 aliphatic carbocycles. The van der Waals surface area contributed by atoms with Gasteiger partial charge < -0.3 is 14.8 Å². The number of aryl methyl sites for hydroxylation is 1. The summed E-state index contributed by atoms with van der Waals surface area (Å²) in [6.07, 6.45) is 0.451. The van der Waals surface area contributed by atoms with Crippen LogP contribution in [-0.2, 0) is 16.1 Å². The molecule has 1 aromatic carbocycles. The number of hydrogen-bond acceptors (Lipinski definition) is 4. The van der Waals surface area contributed by atoms with E-state index in [-0.39, 0.29) is 5.97 Å². The highest BCUT2D eigenvalue weighted by Gasteiger charge is 2.18. The lowest BCUT2D eigenvalue weighted by Gasteiger charge is -2.18. The first kappa shape index (κ1) is 17.0. The third-order valence-electron chi connectivity index (χ3n) is 2.89. The molecule has 1 atom stereocenters. The van der Waals surface area contributed by atoms with E-state index in [1.807, 2.05) is 19.1 Å². The number of benzene rings is 1. The molecular formula is C15H22BrNO3. The van der Waals surface area contributed by atoms with Crippen LogP contribution in [0.4, 0.5) is 0 Å². The van der Waals surface area contributed by atoms with Gasteiger partial charge in [0.25, 0.3) is 0 Å². The Bertz CT molecular complexity index is 463. The second-order valence-electron chi connectivity index (χ2n) is 4.67. The Balaban J connectivity index is 2.94. The first-order chi connectivity index (χ1) is 9.49. The van der Waals surface area contributed by atoms with Crippen molar-refractivity contribution < 1.29 is 14.3 Å². The highest BCUT2D eigenvalue weighted by molar-refractivity contribution is 9.10. The van der Waals surface area contributed by atoms with E-state index < -0.39 is 6.10 Å². The summed E-state index contributed by atoms with van der Waals surface area (Å²) in [5.41, 5.74) is 2.02. The maximum atomic E-state index is 11.5. The van der Waals surface area contributed by atoms with Gasteiger partial charge >= 0.3 is 5.97 Å². The lowest BCUT2D eigenvalue weighted by atomic mass is 10.1. The van der Waals surface area contributed by atoms with E-state index in [4.69, 9.17) is 9.47 Å². The Morgan fingerprint density at radius 3 is 2.75 bits per heavy atom. The largest absolute Gasteiger partial charge is 0.478 e. The van der Waals surface area contributed by atoms with E-state index in [1.165, 1.54) is 7.11 Å². The van der Waals surface area contributed by atoms with Gasteiger partial charge in [-0.2, -0.15) is 0 Å². The molecule has 1 unspecified atom stereocenters. The molecule has 1 N–H and O–H groups in total. The van der Waals surface area contributed by atoms with Crippen molar-refractivity contribution in [3.05, 3.63) is 27.7 Å². The molecule has 0 fully saturated rings. The van der Waals surface area contributed by atoms with Crippen LogP contribution in [0.25, 0.3) is 0 Å². The molecule has 0 heterocycles. The molecule has 1 aromatic rings. The van der Waals surface area contributed by atoms with Gasteiger partial charge in [0.05, 0.1) is 7.11 Å². The number of ether oxygens (including phenoxy) is 2. The van der Waals surface area contributed by atoms with E-state index in [2.05, 4.69) is 28.2 Å². The molecule has 5 heteroatoms. The van der Waals surface area contributed by atoms with Gasteiger partial charge in [-0.05, 0) is 44.5 Å². The van der Waals surface area contributed by atoms with Crippen LogP contribution in [0.2, 0.25) is 0 Å². The molecule has 20 heavy (non-hydrogen) atoms. The van der Waals surface area contributed by atoms with E-state index in [0.717, 1.165) is 34.3 Å². The smallest absolute Gasteiger partial charge is 0.346 e. The van der Waals surface area contributed by atoms with Crippen molar-refractivity contribution in [1.82, 2.24) is 5.32 Å². The highest BCUT2D eigenvalue weighted by Crippen LogP contribution is 2.29. The van der Waals surface area contributed by atoms with Crippen molar-refractivity contribution in [2.24, 2.45) is 0 Å². The molecule has 112 valence electrons. The minimum Gasteiger partial charge on any atom is -0.478 e. The SMILES string of the molecule is CCCNCc1cc(Br)cc(C)c1OC(C)C(=O)OC. The van der Waals surface area contributed by atoms with Gasteiger partial charge in [0.2, 0.25) is 0 Å². The summed E-state index contributed by atoms with van der Waals surface area (Å²) >= 11 is 3.49. The van der Waals surface area contributed by atoms with Crippen LogP contribution in [0.1, 0.15) is 31.4 Å². The monoisotopic (exact) mass is 343 g/mol. The van der Waals surface area contributed by atoms with Gasteiger partial charge in [0, 0.05) is 16.6 Å². The lowest BCUT2D eigenvalue weighted by Crippen LogP contribution is -2.26. The second kappa shape index (κ2) is 8.27. The van der Waals surface area contributed by atoms with Gasteiger partial charge in [0.15, 0.2) is 6.10 Å². The van der Waals surface area contributed by atoms with Gasteiger partial charge in [-0.15, -0.1) is 0 Å². The Hall–Kier alpha value is -1.07. The fourth-order valence-corrected chi connectivity index (χ4v) is 2.51. The van der Waals surface area contributed by atoms with Crippen molar-refractivity contribution in [1.29, 1.82) is 0 Å². The fourth-order valence-electron chi connectivity index (χ4n) is 1.89. The maximum absolute atomic E-state index is 11.5. The zero-order valence-corrected chi connectivity index (χ0v) is 14.0. The van der Waals surface area contributed by atoms with Crippen molar-refractivity contribution in [2.45, 2.75) is 39.8 Å². The van der Waals surface area contributed by atoms with E-state index in [1.54, 1.807) is 6.92 Å². The summed E-state index contributed by atoms with van der Waals surface area (Å²) in [5.74, 6) is 0.370. The van der Waals surface area contributed by atoms with Crippen molar-refractivity contribution in [2.75, 3.05) is 13.7 Å². The highest BCUT2D eigenvalue weighted by atomic mass is 79.9. The summed E-state index contributed by atoms with van der Waals surface area (Å²) in [7, 11) is 1.36. The van der Waals surface area contributed by atoms with Crippen LogP contribution in [0.5, 0.6) is 5.75 Å². The Morgan fingerprint density at radius 1 is 1.45 bits per heavy atom. The molecular weight excluding hydrogens is 322 g/mol. The van der Waals surface area contributed by atoms with Crippen LogP contribution in [-0.4, -0.2) is 25.7 Å². The number of hydrogen-bond donors (Lipinski definition) is 1. The summed E-state index contributed by atoms with van der Waals surface area (Å²) in [6, 6.07) is 3.98. The number of rotatable bonds is 7. The van der Waals surface area contributed by atoms with Crippen molar-refractivity contribution in [3.8, 4) is 5.75 Å². The van der Waals surface area contributed by atoms with Crippen LogP contribution >= 0.6 is 15.9 Å². The topological polar surface area (TPSA) is 47.6 Å². The quantitative estimate of drug-likeness (QED) is 0.610. The first-order valence-electron chi connectivity index (χ1n) is 6.73. The summed E-state index contributed by atoms with van der Waals surface area (Å²) in [6.45, 7) is 7.43. The molecule has 1 rings (SSSR count). The van der Waals surface area contributed by atoms with Crippen molar-refractivity contribution in [3.63, 3.8) is 0 Å². The Morgan fingerprint density at radius 2 is 2.15 bits per heavy atom. The van der Waals surface area contributed by atoms with E-state index >= 15 is 0 Å². The molecule has 0 saturated heterocycles. The zero-order chi connectivity index (χ0) is 15.1. The average Bonchev–Trinajstić information content (AvgIpc) is 2.41. The predicted molar refractivity (Wildman–Crippen MR) is 83.0 cm³/mol. The van der Waals surface area contributed by atoms with Crippen molar-refractivity contribution >= 4 is 21.9 Å². The Kier molecular flexibility index (Phi) is 7.02. The summed E-state index contributed by atoms with van der Waals surface area (Å²) < 4.78 is 11.5. The zero-order valence-electron chi connectivity index (χ0n) is 12.5. The van der Waals surface area contributed by atoms with E-state index in [0.29, 0.717) is 6.54 Å². The average molecular weight is 344 g/mol. The lowest BCUT2D eigenvalue weighted by molar-refractivity contribution is -0.147. The van der Waals surface area contributed by atoms with Gasteiger partial charge in [-0.3, -0.25) is 0 Å². The normalized spacial score (nSPS) is 12.1. The van der Waals surface area contributed by atoms with Crippen LogP contribution < -0.4 is 10.1 Å². The van der Waals surface area contributed by atoms with Gasteiger partial charge in [0.1, 0.15) is 5.75 Å². The molecule has 0 radical (unpaired) electrons. The number of carbonyl (C=O) groups excluding carboxylic acids is 1. The third kappa shape index (κ3) is 4.80. The Labute approximate surface area is 129 Å². The maximum Gasteiger partial charge on any atom is 0.346 e. The molecule has 0 bridgehead atoms.